The second-order valence-electron chi connectivity index (χ2n) is 8.20. The van der Waals surface area contributed by atoms with E-state index in [9.17, 15) is 24.3 Å². The molecule has 2 aliphatic rings. The number of esters is 3. The first-order valence-electron chi connectivity index (χ1n) is 10.7. The molecule has 0 aromatic rings. The van der Waals surface area contributed by atoms with E-state index < -0.39 is 60.4 Å². The lowest BCUT2D eigenvalue weighted by atomic mass is 9.79. The third-order valence-corrected chi connectivity index (χ3v) is 5.62. The Morgan fingerprint density at radius 1 is 0.935 bits per heavy atom. The molecule has 1 saturated heterocycles. The van der Waals surface area contributed by atoms with E-state index in [2.05, 4.69) is 5.32 Å². The summed E-state index contributed by atoms with van der Waals surface area (Å²) < 4.78 is 22.0. The number of ether oxygens (including phenoxy) is 4. The number of carbonyl (C=O) groups excluding carboxylic acids is 4. The van der Waals surface area contributed by atoms with E-state index in [0.29, 0.717) is 0 Å². The first-order chi connectivity index (χ1) is 14.6. The molecule has 1 heterocycles. The van der Waals surface area contributed by atoms with Crippen molar-refractivity contribution in [2.45, 2.75) is 96.4 Å². The lowest BCUT2D eigenvalue weighted by Gasteiger charge is -2.48. The zero-order valence-electron chi connectivity index (χ0n) is 18.5. The van der Waals surface area contributed by atoms with E-state index in [4.69, 9.17) is 18.9 Å². The molecule has 1 amide bonds. The highest BCUT2D eigenvalue weighted by atomic mass is 16.6. The Bertz CT molecular complexity index is 661. The molecule has 1 unspecified atom stereocenters. The average molecular weight is 443 g/mol. The molecule has 1 aliphatic heterocycles. The predicted octanol–water partition coefficient (Wildman–Crippen LogP) is 0.626. The maximum atomic E-state index is 11.9. The summed E-state index contributed by atoms with van der Waals surface area (Å²) in [5.41, 5.74) is 0. The van der Waals surface area contributed by atoms with Crippen LogP contribution in [0, 0.1) is 5.92 Å². The van der Waals surface area contributed by atoms with E-state index in [0.717, 1.165) is 32.1 Å². The number of aliphatic hydroxyl groups is 1. The van der Waals surface area contributed by atoms with Gasteiger partial charge < -0.3 is 29.4 Å². The molecule has 176 valence electrons. The van der Waals surface area contributed by atoms with Crippen molar-refractivity contribution >= 4 is 23.8 Å². The largest absolute Gasteiger partial charge is 0.463 e. The normalized spacial score (nSPS) is 30.0. The maximum Gasteiger partial charge on any atom is 0.303 e. The molecule has 10 heteroatoms. The van der Waals surface area contributed by atoms with E-state index in [1.54, 1.807) is 0 Å². The van der Waals surface area contributed by atoms with Gasteiger partial charge in [0.25, 0.3) is 0 Å². The van der Waals surface area contributed by atoms with Gasteiger partial charge in [-0.2, -0.15) is 0 Å². The fourth-order valence-corrected chi connectivity index (χ4v) is 4.40. The summed E-state index contributed by atoms with van der Waals surface area (Å²) in [5.74, 6) is -2.37. The van der Waals surface area contributed by atoms with Gasteiger partial charge in [-0.05, 0) is 18.8 Å². The van der Waals surface area contributed by atoms with Crippen LogP contribution >= 0.6 is 0 Å². The van der Waals surface area contributed by atoms with Crippen LogP contribution in [0.1, 0.15) is 59.8 Å². The Kier molecular flexibility index (Phi) is 9.24. The van der Waals surface area contributed by atoms with Crippen molar-refractivity contribution in [2.24, 2.45) is 5.92 Å². The third-order valence-electron chi connectivity index (χ3n) is 5.62. The van der Waals surface area contributed by atoms with Gasteiger partial charge >= 0.3 is 17.9 Å². The highest BCUT2D eigenvalue weighted by molar-refractivity contribution is 5.73. The number of carbonyl (C=O) groups is 4. The third kappa shape index (κ3) is 7.17. The van der Waals surface area contributed by atoms with Crippen molar-refractivity contribution in [3.05, 3.63) is 0 Å². The van der Waals surface area contributed by atoms with E-state index in [1.165, 1.54) is 27.7 Å². The average Bonchev–Trinajstić information content (AvgIpc) is 2.68. The Morgan fingerprint density at radius 2 is 1.52 bits per heavy atom. The Labute approximate surface area is 181 Å². The number of rotatable bonds is 7. The molecule has 0 radical (unpaired) electrons. The minimum Gasteiger partial charge on any atom is -0.463 e. The SMILES string of the molecule is CC(=O)N[C@@H]1[C@@H](OC(C)=O)[C@H](OC(C)=O)[C@@H](COC(C)=O)O[C@H]1C(O)C1CCCCC1. The lowest BCUT2D eigenvalue weighted by molar-refractivity contribution is -0.240. The van der Waals surface area contributed by atoms with Crippen LogP contribution in [0.3, 0.4) is 0 Å². The van der Waals surface area contributed by atoms with Crippen LogP contribution in [0.4, 0.5) is 0 Å². The van der Waals surface area contributed by atoms with Crippen molar-refractivity contribution in [3.8, 4) is 0 Å². The molecule has 31 heavy (non-hydrogen) atoms. The fourth-order valence-electron chi connectivity index (χ4n) is 4.40. The second kappa shape index (κ2) is 11.4. The quantitative estimate of drug-likeness (QED) is 0.428. The van der Waals surface area contributed by atoms with Crippen LogP contribution < -0.4 is 5.32 Å². The standard InChI is InChI=1S/C21H33NO9/c1-11(23)22-17-20(18(27)15-8-6-5-7-9-15)31-16(10-28-12(2)24)19(29-13(3)25)21(17)30-14(4)26/h15-21,27H,5-10H2,1-4H3,(H,22,23)/t16-,17+,18?,19-,20-,21-/m1/s1. The van der Waals surface area contributed by atoms with Crippen LogP contribution in [0.15, 0.2) is 0 Å². The molecule has 1 saturated carbocycles. The number of nitrogens with one attached hydrogen (secondary N) is 1. The summed E-state index contributed by atoms with van der Waals surface area (Å²) in [4.78, 5) is 46.9. The first-order valence-corrected chi connectivity index (χ1v) is 10.7. The maximum absolute atomic E-state index is 11.9. The number of hydrogen-bond acceptors (Lipinski definition) is 9. The Balaban J connectivity index is 2.42. The summed E-state index contributed by atoms with van der Waals surface area (Å²) in [6, 6.07) is -0.962. The summed E-state index contributed by atoms with van der Waals surface area (Å²) in [6.07, 6.45) is -0.567. The molecule has 10 nitrogen and oxygen atoms in total. The van der Waals surface area contributed by atoms with Gasteiger partial charge in [-0.3, -0.25) is 19.2 Å². The highest BCUT2D eigenvalue weighted by Gasteiger charge is 2.53. The number of hydrogen-bond donors (Lipinski definition) is 2. The summed E-state index contributed by atoms with van der Waals surface area (Å²) in [5, 5.41) is 13.9. The van der Waals surface area contributed by atoms with Crippen LogP contribution in [0.25, 0.3) is 0 Å². The van der Waals surface area contributed by atoms with Crippen molar-refractivity contribution < 1.29 is 43.2 Å². The van der Waals surface area contributed by atoms with Crippen molar-refractivity contribution in [2.75, 3.05) is 6.61 Å². The van der Waals surface area contributed by atoms with Gasteiger partial charge in [0.15, 0.2) is 12.2 Å². The first kappa shape index (κ1) is 25.1. The molecule has 1 aliphatic carbocycles. The van der Waals surface area contributed by atoms with E-state index in [-0.39, 0.29) is 12.5 Å². The lowest BCUT2D eigenvalue weighted by Crippen LogP contribution is -2.69. The molecule has 0 aromatic carbocycles. The van der Waals surface area contributed by atoms with Crippen molar-refractivity contribution in [3.63, 3.8) is 0 Å². The van der Waals surface area contributed by atoms with Gasteiger partial charge in [0.05, 0.1) is 12.1 Å². The minimum absolute atomic E-state index is 0.0624. The Morgan fingerprint density at radius 3 is 2.03 bits per heavy atom. The molecular formula is C21H33NO9. The molecular weight excluding hydrogens is 410 g/mol. The molecule has 2 N–H and O–H groups in total. The van der Waals surface area contributed by atoms with Crippen LogP contribution in [0.5, 0.6) is 0 Å². The molecule has 2 rings (SSSR count). The van der Waals surface area contributed by atoms with Gasteiger partial charge in [-0.1, -0.05) is 19.3 Å². The number of amides is 1. The summed E-state index contributed by atoms with van der Waals surface area (Å²) in [7, 11) is 0. The molecule has 6 atom stereocenters. The minimum atomic E-state index is -1.15. The van der Waals surface area contributed by atoms with Crippen molar-refractivity contribution in [1.29, 1.82) is 0 Å². The van der Waals surface area contributed by atoms with Gasteiger partial charge in [-0.15, -0.1) is 0 Å². The molecule has 0 bridgehead atoms. The van der Waals surface area contributed by atoms with Gasteiger partial charge in [0.1, 0.15) is 18.8 Å². The van der Waals surface area contributed by atoms with Gasteiger partial charge in [0.2, 0.25) is 5.91 Å². The van der Waals surface area contributed by atoms with Crippen LogP contribution in [0.2, 0.25) is 0 Å². The zero-order valence-corrected chi connectivity index (χ0v) is 18.5. The molecule has 0 aromatic heterocycles. The predicted molar refractivity (Wildman–Crippen MR) is 107 cm³/mol. The van der Waals surface area contributed by atoms with Crippen molar-refractivity contribution in [1.82, 2.24) is 5.32 Å². The smallest absolute Gasteiger partial charge is 0.303 e. The van der Waals surface area contributed by atoms with E-state index >= 15 is 0 Å². The summed E-state index contributed by atoms with van der Waals surface area (Å²) >= 11 is 0. The van der Waals surface area contributed by atoms with Gasteiger partial charge in [-0.25, -0.2) is 0 Å². The Hall–Kier alpha value is -2.20. The highest BCUT2D eigenvalue weighted by Crippen LogP contribution is 2.35. The zero-order chi connectivity index (χ0) is 23.1. The molecule has 0 spiro atoms. The van der Waals surface area contributed by atoms with Crippen LogP contribution in [-0.2, 0) is 38.1 Å². The monoisotopic (exact) mass is 443 g/mol. The summed E-state index contributed by atoms with van der Waals surface area (Å²) in [6.45, 7) is 4.62. The molecule has 2 fully saturated rings. The topological polar surface area (TPSA) is 137 Å². The number of aliphatic hydroxyl groups excluding tert-OH is 1. The second-order valence-corrected chi connectivity index (χ2v) is 8.20. The van der Waals surface area contributed by atoms with Gasteiger partial charge in [0, 0.05) is 27.7 Å². The van der Waals surface area contributed by atoms with Crippen LogP contribution in [-0.4, -0.2) is 72.1 Å². The van der Waals surface area contributed by atoms with E-state index in [1.807, 2.05) is 0 Å². The fraction of sp³-hybridized carbons (Fsp3) is 0.810.